The summed E-state index contributed by atoms with van der Waals surface area (Å²) in [6, 6.07) is 8.01. The van der Waals surface area contributed by atoms with Gasteiger partial charge in [-0.1, -0.05) is 29.8 Å². The fourth-order valence-electron chi connectivity index (χ4n) is 1.74. The van der Waals surface area contributed by atoms with Gasteiger partial charge in [-0.2, -0.15) is 0 Å². The van der Waals surface area contributed by atoms with Crippen molar-refractivity contribution in [3.05, 3.63) is 41.3 Å². The molecule has 1 aromatic carbocycles. The van der Waals surface area contributed by atoms with Gasteiger partial charge in [0, 0.05) is 11.3 Å². The number of aromatic amines is 1. The SMILES string of the molecule is Cc1ccc(-c2nc(CC(=O)O)[nH]c2C)cc1. The molecule has 4 nitrogen and oxygen atoms in total. The zero-order chi connectivity index (χ0) is 12.4. The predicted molar refractivity (Wildman–Crippen MR) is 64.8 cm³/mol. The van der Waals surface area contributed by atoms with Gasteiger partial charge in [0.1, 0.15) is 12.2 Å². The van der Waals surface area contributed by atoms with Crippen LogP contribution in [0.1, 0.15) is 17.1 Å². The Morgan fingerprint density at radius 1 is 1.29 bits per heavy atom. The Kier molecular flexibility index (Phi) is 2.95. The van der Waals surface area contributed by atoms with Crippen molar-refractivity contribution < 1.29 is 9.90 Å². The molecular weight excluding hydrogens is 216 g/mol. The molecule has 0 unspecified atom stereocenters. The first kappa shape index (κ1) is 11.4. The van der Waals surface area contributed by atoms with E-state index in [4.69, 9.17) is 5.11 Å². The number of H-pyrrole nitrogens is 1. The molecule has 0 bridgehead atoms. The first-order valence-electron chi connectivity index (χ1n) is 5.40. The molecule has 1 aromatic heterocycles. The molecular formula is C13H14N2O2. The maximum absolute atomic E-state index is 10.6. The summed E-state index contributed by atoms with van der Waals surface area (Å²) >= 11 is 0. The van der Waals surface area contributed by atoms with E-state index in [-0.39, 0.29) is 6.42 Å². The number of nitrogens with zero attached hydrogens (tertiary/aromatic N) is 1. The summed E-state index contributed by atoms with van der Waals surface area (Å²) in [5, 5.41) is 8.71. The third kappa shape index (κ3) is 2.53. The van der Waals surface area contributed by atoms with E-state index in [1.54, 1.807) is 0 Å². The monoisotopic (exact) mass is 230 g/mol. The number of carboxylic acids is 1. The first-order valence-corrected chi connectivity index (χ1v) is 5.40. The molecule has 0 fully saturated rings. The largest absolute Gasteiger partial charge is 0.481 e. The van der Waals surface area contributed by atoms with Gasteiger partial charge < -0.3 is 10.1 Å². The van der Waals surface area contributed by atoms with Crippen LogP contribution in [0.2, 0.25) is 0 Å². The minimum atomic E-state index is -0.880. The molecule has 0 spiro atoms. The zero-order valence-electron chi connectivity index (χ0n) is 9.82. The van der Waals surface area contributed by atoms with Crippen molar-refractivity contribution in [1.29, 1.82) is 0 Å². The summed E-state index contributed by atoms with van der Waals surface area (Å²) in [4.78, 5) is 17.9. The van der Waals surface area contributed by atoms with Crippen molar-refractivity contribution in [2.75, 3.05) is 0 Å². The number of hydrogen-bond donors (Lipinski definition) is 2. The normalized spacial score (nSPS) is 10.5. The van der Waals surface area contributed by atoms with Crippen LogP contribution in [0.25, 0.3) is 11.3 Å². The van der Waals surface area contributed by atoms with Crippen LogP contribution in [0.15, 0.2) is 24.3 Å². The van der Waals surface area contributed by atoms with Crippen molar-refractivity contribution >= 4 is 5.97 Å². The zero-order valence-corrected chi connectivity index (χ0v) is 9.82. The summed E-state index contributed by atoms with van der Waals surface area (Å²) in [7, 11) is 0. The van der Waals surface area contributed by atoms with Crippen LogP contribution in [0.3, 0.4) is 0 Å². The van der Waals surface area contributed by atoms with Gasteiger partial charge in [-0.3, -0.25) is 4.79 Å². The van der Waals surface area contributed by atoms with Gasteiger partial charge in [0.25, 0.3) is 0 Å². The molecule has 88 valence electrons. The average molecular weight is 230 g/mol. The van der Waals surface area contributed by atoms with E-state index >= 15 is 0 Å². The lowest BCUT2D eigenvalue weighted by Gasteiger charge is -1.98. The molecule has 2 N–H and O–H groups in total. The quantitative estimate of drug-likeness (QED) is 0.850. The van der Waals surface area contributed by atoms with Crippen molar-refractivity contribution in [3.63, 3.8) is 0 Å². The molecule has 0 saturated carbocycles. The summed E-state index contributed by atoms with van der Waals surface area (Å²) in [5.41, 5.74) is 3.90. The number of carbonyl (C=O) groups is 1. The molecule has 17 heavy (non-hydrogen) atoms. The Bertz CT molecular complexity index is 541. The maximum Gasteiger partial charge on any atom is 0.311 e. The Balaban J connectivity index is 2.35. The lowest BCUT2D eigenvalue weighted by atomic mass is 10.1. The van der Waals surface area contributed by atoms with Crippen molar-refractivity contribution in [1.82, 2.24) is 9.97 Å². The van der Waals surface area contributed by atoms with E-state index in [9.17, 15) is 4.79 Å². The van der Waals surface area contributed by atoms with E-state index in [2.05, 4.69) is 9.97 Å². The highest BCUT2D eigenvalue weighted by atomic mass is 16.4. The van der Waals surface area contributed by atoms with Crippen LogP contribution >= 0.6 is 0 Å². The number of hydrogen-bond acceptors (Lipinski definition) is 2. The second-order valence-electron chi connectivity index (χ2n) is 4.09. The maximum atomic E-state index is 10.6. The van der Waals surface area contributed by atoms with E-state index in [0.717, 1.165) is 17.0 Å². The van der Waals surface area contributed by atoms with Gasteiger partial charge in [-0.05, 0) is 13.8 Å². The third-order valence-corrected chi connectivity index (χ3v) is 2.58. The van der Waals surface area contributed by atoms with Gasteiger partial charge in [0.15, 0.2) is 0 Å². The van der Waals surface area contributed by atoms with E-state index < -0.39 is 5.97 Å². The van der Waals surface area contributed by atoms with Gasteiger partial charge in [-0.15, -0.1) is 0 Å². The number of benzene rings is 1. The van der Waals surface area contributed by atoms with Gasteiger partial charge in [-0.25, -0.2) is 4.98 Å². The molecule has 2 aromatic rings. The fraction of sp³-hybridized carbons (Fsp3) is 0.231. The highest BCUT2D eigenvalue weighted by Gasteiger charge is 2.10. The number of imidazole rings is 1. The van der Waals surface area contributed by atoms with Crippen LogP contribution in [0.5, 0.6) is 0 Å². The molecule has 0 amide bonds. The molecule has 1 heterocycles. The number of carboxylic acid groups (broad SMARTS) is 1. The van der Waals surface area contributed by atoms with E-state index in [1.165, 1.54) is 5.56 Å². The van der Waals surface area contributed by atoms with Crippen molar-refractivity contribution in [2.45, 2.75) is 20.3 Å². The lowest BCUT2D eigenvalue weighted by Crippen LogP contribution is -2.01. The summed E-state index contributed by atoms with van der Waals surface area (Å²) in [6.07, 6.45) is -0.0767. The molecule has 0 aliphatic heterocycles. The molecule has 0 radical (unpaired) electrons. The molecule has 0 aliphatic carbocycles. The van der Waals surface area contributed by atoms with Crippen LogP contribution in [-0.4, -0.2) is 21.0 Å². The second kappa shape index (κ2) is 4.41. The van der Waals surface area contributed by atoms with Gasteiger partial charge >= 0.3 is 5.97 Å². The number of nitrogens with one attached hydrogen (secondary N) is 1. The fourth-order valence-corrected chi connectivity index (χ4v) is 1.74. The van der Waals surface area contributed by atoms with Gasteiger partial charge in [0.05, 0.1) is 5.69 Å². The molecule has 0 saturated heterocycles. The highest BCUT2D eigenvalue weighted by Crippen LogP contribution is 2.21. The second-order valence-corrected chi connectivity index (χ2v) is 4.09. The van der Waals surface area contributed by atoms with Crippen LogP contribution < -0.4 is 0 Å². The molecule has 0 atom stereocenters. The summed E-state index contributed by atoms with van der Waals surface area (Å²) < 4.78 is 0. The topological polar surface area (TPSA) is 66.0 Å². The average Bonchev–Trinajstić information content (AvgIpc) is 2.59. The van der Waals surface area contributed by atoms with Crippen LogP contribution in [0.4, 0.5) is 0 Å². The lowest BCUT2D eigenvalue weighted by molar-refractivity contribution is -0.136. The minimum Gasteiger partial charge on any atom is -0.481 e. The smallest absolute Gasteiger partial charge is 0.311 e. The Morgan fingerprint density at radius 3 is 2.53 bits per heavy atom. The number of rotatable bonds is 3. The standard InChI is InChI=1S/C13H14N2O2/c1-8-3-5-10(6-4-8)13-9(2)14-11(15-13)7-12(16)17/h3-6H,7H2,1-2H3,(H,14,15)(H,16,17). The Morgan fingerprint density at radius 2 is 1.94 bits per heavy atom. The Labute approximate surface area is 99.3 Å². The van der Waals surface area contributed by atoms with Crippen LogP contribution in [-0.2, 0) is 11.2 Å². The molecule has 4 heteroatoms. The highest BCUT2D eigenvalue weighted by molar-refractivity contribution is 5.70. The minimum absolute atomic E-state index is 0.0767. The Hall–Kier alpha value is -2.10. The van der Waals surface area contributed by atoms with E-state index in [0.29, 0.717) is 5.82 Å². The molecule has 2 rings (SSSR count). The van der Waals surface area contributed by atoms with E-state index in [1.807, 2.05) is 38.1 Å². The predicted octanol–water partition coefficient (Wildman–Crippen LogP) is 2.32. The summed E-state index contributed by atoms with van der Waals surface area (Å²) in [5.74, 6) is -0.389. The van der Waals surface area contributed by atoms with Gasteiger partial charge in [0.2, 0.25) is 0 Å². The number of aryl methyl sites for hydroxylation is 2. The van der Waals surface area contributed by atoms with Crippen molar-refractivity contribution in [2.24, 2.45) is 0 Å². The van der Waals surface area contributed by atoms with Crippen molar-refractivity contribution in [3.8, 4) is 11.3 Å². The molecule has 0 aliphatic rings. The summed E-state index contributed by atoms with van der Waals surface area (Å²) in [6.45, 7) is 3.92. The first-order chi connectivity index (χ1) is 8.06. The number of aromatic nitrogens is 2. The third-order valence-electron chi connectivity index (χ3n) is 2.58. The number of aliphatic carboxylic acids is 1. The van der Waals surface area contributed by atoms with Crippen LogP contribution in [0, 0.1) is 13.8 Å².